The molecule has 0 bridgehead atoms. The molecule has 8 heteroatoms. The van der Waals surface area contributed by atoms with Crippen molar-refractivity contribution < 1.29 is 9.53 Å². The first kappa shape index (κ1) is 17.9. The number of hydrogen-bond acceptors (Lipinski definition) is 7. The monoisotopic (exact) mass is 370 g/mol. The van der Waals surface area contributed by atoms with E-state index < -0.39 is 0 Å². The Bertz CT molecular complexity index is 548. The minimum atomic E-state index is -0.149. The van der Waals surface area contributed by atoms with Crippen LogP contribution in [-0.2, 0) is 9.53 Å². The van der Waals surface area contributed by atoms with Crippen molar-refractivity contribution in [1.82, 2.24) is 15.5 Å². The van der Waals surface area contributed by atoms with Gasteiger partial charge in [-0.05, 0) is 25.7 Å². The number of amides is 1. The van der Waals surface area contributed by atoms with E-state index in [9.17, 15) is 4.79 Å². The van der Waals surface area contributed by atoms with Crippen LogP contribution in [-0.4, -0.2) is 53.7 Å². The predicted molar refractivity (Wildman–Crippen MR) is 97.8 cm³/mol. The number of carbonyl (C=O) groups excluding carboxylic acids is 1. The number of hydrogen-bond donors (Lipinski definition) is 1. The lowest BCUT2D eigenvalue weighted by Gasteiger charge is -2.30. The van der Waals surface area contributed by atoms with Gasteiger partial charge < -0.3 is 15.0 Å². The second-order valence-electron chi connectivity index (χ2n) is 6.59. The van der Waals surface area contributed by atoms with Crippen molar-refractivity contribution in [3.63, 3.8) is 0 Å². The highest BCUT2D eigenvalue weighted by Crippen LogP contribution is 2.31. The summed E-state index contributed by atoms with van der Waals surface area (Å²) in [5, 5.41) is 12.5. The van der Waals surface area contributed by atoms with Crippen LogP contribution in [0.3, 0.4) is 0 Å². The topological polar surface area (TPSA) is 67.3 Å². The molecular weight excluding hydrogens is 344 g/mol. The Hall–Kier alpha value is -0.860. The van der Waals surface area contributed by atoms with Gasteiger partial charge in [0, 0.05) is 19.1 Å². The normalized spacial score (nSPS) is 26.2. The first-order valence-corrected chi connectivity index (χ1v) is 10.5. The summed E-state index contributed by atoms with van der Waals surface area (Å²) in [5.41, 5.74) is 0. The molecule has 2 heterocycles. The summed E-state index contributed by atoms with van der Waals surface area (Å²) in [6.45, 7) is 7.37. The van der Waals surface area contributed by atoms with Gasteiger partial charge in [0.1, 0.15) is 0 Å². The average Bonchev–Trinajstić information content (AvgIpc) is 3.06. The van der Waals surface area contributed by atoms with Gasteiger partial charge in [-0.1, -0.05) is 42.9 Å². The Morgan fingerprint density at radius 2 is 2.08 bits per heavy atom. The number of rotatable bonds is 5. The number of thioether (sulfide) groups is 1. The smallest absolute Gasteiger partial charge is 0.233 e. The van der Waals surface area contributed by atoms with Gasteiger partial charge in [0.05, 0.1) is 18.5 Å². The van der Waals surface area contributed by atoms with E-state index in [4.69, 9.17) is 4.74 Å². The largest absolute Gasteiger partial charge is 0.378 e. The van der Waals surface area contributed by atoms with E-state index in [0.29, 0.717) is 12.0 Å². The van der Waals surface area contributed by atoms with Crippen LogP contribution in [0.2, 0.25) is 0 Å². The minimum Gasteiger partial charge on any atom is -0.378 e. The fourth-order valence-corrected chi connectivity index (χ4v) is 5.21. The maximum absolute atomic E-state index is 12.5. The number of ether oxygens (including phenoxy) is 1. The number of carbonyl (C=O) groups is 1. The van der Waals surface area contributed by atoms with Crippen molar-refractivity contribution >= 4 is 34.1 Å². The molecule has 1 saturated heterocycles. The van der Waals surface area contributed by atoms with Gasteiger partial charge in [-0.25, -0.2) is 0 Å². The lowest BCUT2D eigenvalue weighted by molar-refractivity contribution is -0.121. The van der Waals surface area contributed by atoms with Crippen LogP contribution in [0.5, 0.6) is 0 Å². The van der Waals surface area contributed by atoms with Crippen LogP contribution in [0.4, 0.5) is 5.13 Å². The lowest BCUT2D eigenvalue weighted by Crippen LogP contribution is -2.44. The van der Waals surface area contributed by atoms with Gasteiger partial charge in [0.15, 0.2) is 4.34 Å². The molecule has 6 nitrogen and oxygen atoms in total. The number of nitrogens with zero attached hydrogens (tertiary/aromatic N) is 3. The summed E-state index contributed by atoms with van der Waals surface area (Å²) >= 11 is 3.06. The molecule has 2 fully saturated rings. The highest BCUT2D eigenvalue weighted by Gasteiger charge is 2.26. The molecule has 0 aromatic carbocycles. The molecule has 1 amide bonds. The summed E-state index contributed by atoms with van der Waals surface area (Å²) in [4.78, 5) is 14.7. The standard InChI is InChI=1S/C16H26N4O2S2/c1-11-5-3-4-6-13(11)17-14(21)12(2)23-16-19-18-15(24-16)20-7-9-22-10-8-20/h11-13H,3-10H2,1-2H3,(H,17,21). The van der Waals surface area contributed by atoms with Crippen LogP contribution in [0.15, 0.2) is 4.34 Å². The van der Waals surface area contributed by atoms with Crippen LogP contribution in [0.1, 0.15) is 39.5 Å². The van der Waals surface area contributed by atoms with E-state index in [1.807, 2.05) is 6.92 Å². The quantitative estimate of drug-likeness (QED) is 0.804. The molecule has 0 radical (unpaired) electrons. The summed E-state index contributed by atoms with van der Waals surface area (Å²) in [7, 11) is 0. The summed E-state index contributed by atoms with van der Waals surface area (Å²) in [6, 6.07) is 0.327. The zero-order chi connectivity index (χ0) is 16.9. The molecule has 1 N–H and O–H groups in total. The highest BCUT2D eigenvalue weighted by molar-refractivity contribution is 8.02. The summed E-state index contributed by atoms with van der Waals surface area (Å²) in [6.07, 6.45) is 4.82. The van der Waals surface area contributed by atoms with Gasteiger partial charge >= 0.3 is 0 Å². The summed E-state index contributed by atoms with van der Waals surface area (Å²) in [5.74, 6) is 0.691. The van der Waals surface area contributed by atoms with Crippen LogP contribution < -0.4 is 10.2 Å². The SMILES string of the molecule is CC(Sc1nnc(N2CCOCC2)s1)C(=O)NC1CCCCC1C. The number of nitrogens with one attached hydrogen (secondary N) is 1. The van der Waals surface area contributed by atoms with Crippen molar-refractivity contribution in [3.05, 3.63) is 0 Å². The van der Waals surface area contributed by atoms with Crippen LogP contribution in [0, 0.1) is 5.92 Å². The third-order valence-electron chi connectivity index (χ3n) is 4.76. The Morgan fingerprint density at radius 3 is 2.83 bits per heavy atom. The van der Waals surface area contributed by atoms with Crippen LogP contribution in [0.25, 0.3) is 0 Å². The molecular formula is C16H26N4O2S2. The molecule has 1 aromatic rings. The second kappa shape index (κ2) is 8.49. The predicted octanol–water partition coefficient (Wildman–Crippen LogP) is 2.55. The molecule has 3 rings (SSSR count). The van der Waals surface area contributed by atoms with E-state index >= 15 is 0 Å². The zero-order valence-electron chi connectivity index (χ0n) is 14.4. The number of morpholine rings is 1. The fourth-order valence-electron chi connectivity index (χ4n) is 3.17. The molecule has 3 unspecified atom stereocenters. The molecule has 0 spiro atoms. The minimum absolute atomic E-state index is 0.113. The lowest BCUT2D eigenvalue weighted by atomic mass is 9.86. The van der Waals surface area contributed by atoms with Crippen molar-refractivity contribution in [3.8, 4) is 0 Å². The number of anilines is 1. The fraction of sp³-hybridized carbons (Fsp3) is 0.812. The Kier molecular flexibility index (Phi) is 6.35. The van der Waals surface area contributed by atoms with E-state index in [1.54, 1.807) is 11.3 Å². The molecule has 1 aromatic heterocycles. The van der Waals surface area contributed by atoms with Gasteiger partial charge in [0.2, 0.25) is 11.0 Å². The molecule has 1 aliphatic heterocycles. The van der Waals surface area contributed by atoms with Crippen molar-refractivity contribution in [2.75, 3.05) is 31.2 Å². The Balaban J connectivity index is 1.51. The molecule has 1 saturated carbocycles. The van der Waals surface area contributed by atoms with Gasteiger partial charge in [-0.3, -0.25) is 4.79 Å². The van der Waals surface area contributed by atoms with Crippen molar-refractivity contribution in [1.29, 1.82) is 0 Å². The van der Waals surface area contributed by atoms with E-state index in [1.165, 1.54) is 31.0 Å². The van der Waals surface area contributed by atoms with E-state index in [0.717, 1.165) is 42.2 Å². The molecule has 2 aliphatic rings. The van der Waals surface area contributed by atoms with Gasteiger partial charge in [-0.15, -0.1) is 10.2 Å². The van der Waals surface area contributed by atoms with E-state index in [2.05, 4.69) is 27.3 Å². The number of aromatic nitrogens is 2. The maximum atomic E-state index is 12.5. The van der Waals surface area contributed by atoms with E-state index in [-0.39, 0.29) is 11.2 Å². The van der Waals surface area contributed by atoms with Gasteiger partial charge in [0.25, 0.3) is 0 Å². The summed E-state index contributed by atoms with van der Waals surface area (Å²) < 4.78 is 6.22. The highest BCUT2D eigenvalue weighted by atomic mass is 32.2. The maximum Gasteiger partial charge on any atom is 0.233 e. The molecule has 1 aliphatic carbocycles. The average molecular weight is 371 g/mol. The first-order chi connectivity index (χ1) is 11.6. The first-order valence-electron chi connectivity index (χ1n) is 8.76. The third kappa shape index (κ3) is 4.61. The second-order valence-corrected chi connectivity index (χ2v) is 9.13. The Morgan fingerprint density at radius 1 is 1.33 bits per heavy atom. The third-order valence-corrected chi connectivity index (χ3v) is 6.93. The Labute approximate surface area is 151 Å². The van der Waals surface area contributed by atoms with Crippen molar-refractivity contribution in [2.45, 2.75) is 55.2 Å². The molecule has 134 valence electrons. The van der Waals surface area contributed by atoms with Crippen LogP contribution >= 0.6 is 23.1 Å². The molecule has 3 atom stereocenters. The van der Waals surface area contributed by atoms with Crippen molar-refractivity contribution in [2.24, 2.45) is 5.92 Å². The molecule has 24 heavy (non-hydrogen) atoms. The van der Waals surface area contributed by atoms with Gasteiger partial charge in [-0.2, -0.15) is 0 Å². The zero-order valence-corrected chi connectivity index (χ0v) is 16.0.